The van der Waals surface area contributed by atoms with E-state index in [1.807, 2.05) is 6.92 Å². The van der Waals surface area contributed by atoms with Gasteiger partial charge in [-0.1, -0.05) is 122 Å². The number of carbonyl (C=O) groups is 1. The van der Waals surface area contributed by atoms with Crippen LogP contribution in [0.25, 0.3) is 0 Å². The van der Waals surface area contributed by atoms with Gasteiger partial charge in [-0.3, -0.25) is 4.79 Å². The Bertz CT molecular complexity index is 435. The summed E-state index contributed by atoms with van der Waals surface area (Å²) in [5.74, 6) is -0.0365. The Morgan fingerprint density at radius 1 is 0.486 bits per heavy atom. The molecule has 3 heteroatoms. The topological polar surface area (TPSA) is 26.3 Å². The zero-order valence-corrected chi connectivity index (χ0v) is 24.9. The van der Waals surface area contributed by atoms with Crippen molar-refractivity contribution in [2.45, 2.75) is 168 Å². The monoisotopic (exact) mass is 497 g/mol. The first-order valence-electron chi connectivity index (χ1n) is 16.0. The highest BCUT2D eigenvalue weighted by Crippen LogP contribution is 2.15. The maximum absolute atomic E-state index is 11.4. The third-order valence-electron chi connectivity index (χ3n) is 7.57. The lowest BCUT2D eigenvalue weighted by molar-refractivity contribution is -0.890. The van der Waals surface area contributed by atoms with Crippen LogP contribution >= 0.6 is 0 Å². The van der Waals surface area contributed by atoms with Crippen molar-refractivity contribution in [3.8, 4) is 0 Å². The number of hydrogen-bond donors (Lipinski definition) is 0. The van der Waals surface area contributed by atoms with Crippen molar-refractivity contribution in [1.29, 1.82) is 0 Å². The fourth-order valence-electron chi connectivity index (χ4n) is 5.13. The normalized spacial score (nSPS) is 11.8. The zero-order chi connectivity index (χ0) is 25.9. The summed E-state index contributed by atoms with van der Waals surface area (Å²) in [7, 11) is 4.72. The quantitative estimate of drug-likeness (QED) is 0.0611. The van der Waals surface area contributed by atoms with Crippen LogP contribution in [0.5, 0.6) is 0 Å². The second-order valence-corrected chi connectivity index (χ2v) is 11.7. The Labute approximate surface area is 221 Å². The predicted octanol–water partition coefficient (Wildman–Crippen LogP) is 10.0. The first-order valence-corrected chi connectivity index (χ1v) is 16.0. The number of rotatable bonds is 28. The number of esters is 1. The van der Waals surface area contributed by atoms with Crippen molar-refractivity contribution in [2.75, 3.05) is 33.8 Å². The number of ether oxygens (including phenoxy) is 1. The second-order valence-electron chi connectivity index (χ2n) is 11.7. The molecule has 0 aliphatic rings. The first kappa shape index (κ1) is 34.4. The molecule has 35 heavy (non-hydrogen) atoms. The van der Waals surface area contributed by atoms with Gasteiger partial charge in [0.05, 0.1) is 33.8 Å². The smallest absolute Gasteiger partial charge is 0.305 e. The third kappa shape index (κ3) is 27.9. The van der Waals surface area contributed by atoms with E-state index < -0.39 is 0 Å². The van der Waals surface area contributed by atoms with Crippen LogP contribution < -0.4 is 0 Å². The standard InChI is InChI=1S/C32H66NO2/c1-5-7-8-9-10-11-12-13-14-15-16-17-18-19-20-21-22-23-24-27-30-33(3,4)31-28-25-26-29-32(34)35-6-2/h5-31H2,1-4H3/q+1. The molecule has 0 atom stereocenters. The minimum Gasteiger partial charge on any atom is -0.466 e. The molecule has 0 saturated carbocycles. The third-order valence-corrected chi connectivity index (χ3v) is 7.57. The molecule has 0 unspecified atom stereocenters. The van der Waals surface area contributed by atoms with Gasteiger partial charge in [0.2, 0.25) is 0 Å². The molecule has 0 radical (unpaired) electrons. The molecule has 0 spiro atoms. The first-order chi connectivity index (χ1) is 17.0. The van der Waals surface area contributed by atoms with Crippen LogP contribution in [0.3, 0.4) is 0 Å². The maximum atomic E-state index is 11.4. The van der Waals surface area contributed by atoms with Gasteiger partial charge < -0.3 is 9.22 Å². The van der Waals surface area contributed by atoms with E-state index in [4.69, 9.17) is 4.74 Å². The molecule has 0 aromatic heterocycles. The van der Waals surface area contributed by atoms with Crippen molar-refractivity contribution >= 4 is 5.97 Å². The lowest BCUT2D eigenvalue weighted by Gasteiger charge is -2.30. The molecule has 0 fully saturated rings. The number of quaternary nitrogens is 1. The van der Waals surface area contributed by atoms with Crippen LogP contribution in [0, 0.1) is 0 Å². The summed E-state index contributed by atoms with van der Waals surface area (Å²) in [5, 5.41) is 0. The number of nitrogens with zero attached hydrogens (tertiary/aromatic N) is 1. The lowest BCUT2D eigenvalue weighted by Crippen LogP contribution is -2.41. The molecular weight excluding hydrogens is 430 g/mol. The molecule has 0 amide bonds. The highest BCUT2D eigenvalue weighted by atomic mass is 16.5. The van der Waals surface area contributed by atoms with Gasteiger partial charge in [0.1, 0.15) is 0 Å². The van der Waals surface area contributed by atoms with E-state index >= 15 is 0 Å². The summed E-state index contributed by atoms with van der Waals surface area (Å²) < 4.78 is 6.12. The van der Waals surface area contributed by atoms with Gasteiger partial charge in [-0.25, -0.2) is 0 Å². The van der Waals surface area contributed by atoms with Gasteiger partial charge in [-0.05, 0) is 39.0 Å². The van der Waals surface area contributed by atoms with Crippen molar-refractivity contribution in [3.63, 3.8) is 0 Å². The molecule has 0 aromatic rings. The summed E-state index contributed by atoms with van der Waals surface area (Å²) in [6, 6.07) is 0. The van der Waals surface area contributed by atoms with E-state index in [2.05, 4.69) is 21.0 Å². The van der Waals surface area contributed by atoms with Gasteiger partial charge in [0, 0.05) is 6.42 Å². The van der Waals surface area contributed by atoms with Crippen molar-refractivity contribution in [2.24, 2.45) is 0 Å². The molecule has 0 rings (SSSR count). The van der Waals surface area contributed by atoms with Gasteiger partial charge >= 0.3 is 5.97 Å². The fourth-order valence-corrected chi connectivity index (χ4v) is 5.13. The summed E-state index contributed by atoms with van der Waals surface area (Å²) in [6.45, 7) is 7.19. The summed E-state index contributed by atoms with van der Waals surface area (Å²) in [6.07, 6.45) is 32.8. The average Bonchev–Trinajstić information content (AvgIpc) is 2.82. The molecule has 0 aromatic carbocycles. The Hall–Kier alpha value is -0.570. The van der Waals surface area contributed by atoms with Crippen LogP contribution in [-0.2, 0) is 9.53 Å². The van der Waals surface area contributed by atoms with Gasteiger partial charge in [-0.15, -0.1) is 0 Å². The lowest BCUT2D eigenvalue weighted by atomic mass is 10.0. The summed E-state index contributed by atoms with van der Waals surface area (Å²) in [5.41, 5.74) is 0. The van der Waals surface area contributed by atoms with Crippen LogP contribution in [-0.4, -0.2) is 44.2 Å². The molecule has 0 heterocycles. The van der Waals surface area contributed by atoms with E-state index in [9.17, 15) is 4.79 Å². The molecule has 0 saturated heterocycles. The fraction of sp³-hybridized carbons (Fsp3) is 0.969. The van der Waals surface area contributed by atoms with Crippen LogP contribution in [0.2, 0.25) is 0 Å². The van der Waals surface area contributed by atoms with E-state index in [1.54, 1.807) is 0 Å². The Balaban J connectivity index is 3.27. The number of carbonyl (C=O) groups excluding carboxylic acids is 1. The molecule has 0 aliphatic carbocycles. The Morgan fingerprint density at radius 3 is 1.14 bits per heavy atom. The zero-order valence-electron chi connectivity index (χ0n) is 24.9. The Kier molecular flexibility index (Phi) is 26.1. The average molecular weight is 497 g/mol. The molecule has 0 N–H and O–H groups in total. The minimum atomic E-state index is -0.0365. The minimum absolute atomic E-state index is 0.0365. The van der Waals surface area contributed by atoms with E-state index in [-0.39, 0.29) is 5.97 Å². The predicted molar refractivity (Wildman–Crippen MR) is 155 cm³/mol. The van der Waals surface area contributed by atoms with Gasteiger partial charge in [0.15, 0.2) is 0 Å². The highest BCUT2D eigenvalue weighted by Gasteiger charge is 2.13. The molecule has 210 valence electrons. The number of unbranched alkanes of at least 4 members (excludes halogenated alkanes) is 21. The SMILES string of the molecule is CCCCCCCCCCCCCCCCCCCCCC[N+](C)(C)CCCCCC(=O)OCC. The van der Waals surface area contributed by atoms with Crippen LogP contribution in [0.15, 0.2) is 0 Å². The van der Waals surface area contributed by atoms with Crippen LogP contribution in [0.4, 0.5) is 0 Å². The van der Waals surface area contributed by atoms with Crippen molar-refractivity contribution in [3.05, 3.63) is 0 Å². The number of hydrogen-bond acceptors (Lipinski definition) is 2. The van der Waals surface area contributed by atoms with Crippen molar-refractivity contribution < 1.29 is 14.0 Å². The largest absolute Gasteiger partial charge is 0.466 e. The Morgan fingerprint density at radius 2 is 0.800 bits per heavy atom. The van der Waals surface area contributed by atoms with E-state index in [0.29, 0.717) is 13.0 Å². The molecular formula is C32H66NO2+. The summed E-state index contributed by atoms with van der Waals surface area (Å²) >= 11 is 0. The van der Waals surface area contributed by atoms with E-state index in [0.717, 1.165) is 17.3 Å². The molecule has 0 bridgehead atoms. The maximum Gasteiger partial charge on any atom is 0.305 e. The molecule has 3 nitrogen and oxygen atoms in total. The summed E-state index contributed by atoms with van der Waals surface area (Å²) in [4.78, 5) is 11.4. The van der Waals surface area contributed by atoms with Gasteiger partial charge in [-0.2, -0.15) is 0 Å². The molecule has 0 aliphatic heterocycles. The van der Waals surface area contributed by atoms with E-state index in [1.165, 1.54) is 148 Å². The highest BCUT2D eigenvalue weighted by molar-refractivity contribution is 5.69. The van der Waals surface area contributed by atoms with Crippen LogP contribution in [0.1, 0.15) is 168 Å². The second kappa shape index (κ2) is 26.5. The van der Waals surface area contributed by atoms with Gasteiger partial charge in [0.25, 0.3) is 0 Å². The van der Waals surface area contributed by atoms with Crippen molar-refractivity contribution in [1.82, 2.24) is 0 Å².